The zero-order valence-corrected chi connectivity index (χ0v) is 14.1. The normalized spacial score (nSPS) is 41.0. The molecular weight excluding hydrogens is 326 g/mol. The second-order valence-corrected chi connectivity index (χ2v) is 4.64. The van der Waals surface area contributed by atoms with Crippen LogP contribution in [0.2, 0.25) is 0 Å². The fourth-order valence-electron chi connectivity index (χ4n) is 1.84. The van der Waals surface area contributed by atoms with Crippen LogP contribution in [0.1, 0.15) is 78.7 Å². The molecular formula is C22H31NO3. The van der Waals surface area contributed by atoms with E-state index in [1.165, 1.54) is 0 Å². The van der Waals surface area contributed by atoms with E-state index < -0.39 is 111 Å². The van der Waals surface area contributed by atoms with Gasteiger partial charge in [0, 0.05) is 26.5 Å². The molecule has 26 heavy (non-hydrogen) atoms. The summed E-state index contributed by atoms with van der Waals surface area (Å²) in [4.78, 5) is 14.6. The van der Waals surface area contributed by atoms with Crippen LogP contribution in [-0.4, -0.2) is 43.6 Å². The van der Waals surface area contributed by atoms with Crippen LogP contribution >= 0.6 is 0 Å². The predicted molar refractivity (Wildman–Crippen MR) is 103 cm³/mol. The van der Waals surface area contributed by atoms with Gasteiger partial charge in [0.25, 0.3) is 0 Å². The summed E-state index contributed by atoms with van der Waals surface area (Å²) in [5, 5.41) is 4.48. The summed E-state index contributed by atoms with van der Waals surface area (Å²) >= 11 is 0. The van der Waals surface area contributed by atoms with E-state index in [2.05, 4.69) is 16.9 Å². The molecule has 0 heterocycles. The lowest BCUT2D eigenvalue weighted by atomic mass is 9.73. The first-order valence-electron chi connectivity index (χ1n) is 17.8. The molecule has 2 rings (SSSR count). The van der Waals surface area contributed by atoms with E-state index in [0.717, 1.165) is 13.8 Å². The minimum Gasteiger partial charge on any atom is -0.450 e. The zero-order valence-electron chi connectivity index (χ0n) is 35.1. The van der Waals surface area contributed by atoms with Crippen molar-refractivity contribution in [2.24, 2.45) is 5.89 Å². The summed E-state index contributed by atoms with van der Waals surface area (Å²) in [6.45, 7) is -4.25. The highest BCUT2D eigenvalue weighted by Gasteiger charge is 2.46. The van der Waals surface area contributed by atoms with Gasteiger partial charge in [-0.05, 0) is 31.3 Å². The van der Waals surface area contributed by atoms with E-state index in [1.807, 2.05) is 0 Å². The molecule has 0 amide bonds. The summed E-state index contributed by atoms with van der Waals surface area (Å²) < 4.78 is 178. The largest absolute Gasteiger partial charge is 0.450 e. The number of ether oxygens (including phenoxy) is 1. The van der Waals surface area contributed by atoms with Gasteiger partial charge in [-0.3, -0.25) is 4.90 Å². The van der Waals surface area contributed by atoms with E-state index in [9.17, 15) is 6.17 Å². The Morgan fingerprint density at radius 1 is 1.38 bits per heavy atom. The van der Waals surface area contributed by atoms with Crippen LogP contribution in [0.3, 0.4) is 0 Å². The standard InChI is InChI=1S/C22H31NO3/c1-3-23(4-2)17-11-12-18-26-21(24)22(25,19-13-7-5-8-14-19)20-15-9-6-10-16-20/h5,7-8,13-14,20,25H,3-4,6,9-10,15-18H2,1-2H3/i3D2,4D2,5D,6D2,7D,8D,9D2,10D2,13D,14D,15D2,16D2,20D,25D. The van der Waals surface area contributed by atoms with Gasteiger partial charge in [-0.25, -0.2) is 4.79 Å². The van der Waals surface area contributed by atoms with Crippen molar-refractivity contribution in [2.45, 2.75) is 51.3 Å². The molecule has 1 saturated carbocycles. The first-order valence-corrected chi connectivity index (χ1v) is 7.37. The molecule has 0 aliphatic heterocycles. The summed E-state index contributed by atoms with van der Waals surface area (Å²) in [5.74, 6) is -2.42. The monoisotopic (exact) mass is 378 g/mol. The third-order valence-electron chi connectivity index (χ3n) is 3.17. The van der Waals surface area contributed by atoms with Crippen molar-refractivity contribution in [1.29, 1.82) is 1.43 Å². The van der Waals surface area contributed by atoms with Crippen molar-refractivity contribution < 1.29 is 42.1 Å². The van der Waals surface area contributed by atoms with Crippen LogP contribution in [0.15, 0.2) is 30.2 Å². The van der Waals surface area contributed by atoms with Gasteiger partial charge in [0.15, 0.2) is 12.2 Å². The molecule has 1 atom stereocenters. The number of aliphatic hydroxyl groups is 1. The quantitative estimate of drug-likeness (QED) is 0.557. The molecule has 4 nitrogen and oxygen atoms in total. The Morgan fingerprint density at radius 2 is 2.08 bits per heavy atom. The van der Waals surface area contributed by atoms with Gasteiger partial charge in [0.05, 0.1) is 13.4 Å². The molecule has 1 aromatic rings. The van der Waals surface area contributed by atoms with Crippen LogP contribution in [0.25, 0.3) is 0 Å². The Hall–Kier alpha value is -1.83. The topological polar surface area (TPSA) is 49.8 Å². The molecule has 1 aliphatic rings. The molecule has 0 aromatic heterocycles. The SMILES string of the molecule is [2H]OC(C(=O)OCC#CCN(C([2H])([2H])C)C([2H])([2H])C)(c1c([2H])c([2H])c([2H])c([2H])c1[2H])C1([2H])C([2H])([2H])C([2H])([2H])C([2H])([2H])C([2H])([2H])C1([2H])[2H]. The molecule has 0 radical (unpaired) electrons. The van der Waals surface area contributed by atoms with Crippen molar-refractivity contribution in [2.75, 3.05) is 26.1 Å². The van der Waals surface area contributed by atoms with E-state index >= 15 is 0 Å². The number of hydrogen-bond acceptors (Lipinski definition) is 4. The van der Waals surface area contributed by atoms with E-state index in [4.69, 9.17) is 32.2 Å². The fourth-order valence-corrected chi connectivity index (χ4v) is 1.84. The third kappa shape index (κ3) is 5.09. The molecule has 1 aromatic carbocycles. The van der Waals surface area contributed by atoms with Gasteiger partial charge >= 0.3 is 5.97 Å². The average Bonchev–Trinajstić information content (AvgIpc) is 2.91. The van der Waals surface area contributed by atoms with E-state index in [1.54, 1.807) is 0 Å². The highest BCUT2D eigenvalue weighted by Crippen LogP contribution is 2.40. The molecule has 4 heteroatoms. The maximum Gasteiger partial charge on any atom is 0.344 e. The molecule has 1 N–H and O–H groups in total. The lowest BCUT2D eigenvalue weighted by Crippen LogP contribution is -2.45. The van der Waals surface area contributed by atoms with E-state index in [0.29, 0.717) is 4.90 Å². The first-order chi connectivity index (χ1) is 20.7. The maximum absolute atomic E-state index is 14.0. The van der Waals surface area contributed by atoms with Crippen molar-refractivity contribution in [3.05, 3.63) is 35.8 Å². The lowest BCUT2D eigenvalue weighted by Gasteiger charge is -2.36. The van der Waals surface area contributed by atoms with Gasteiger partial charge in [-0.2, -0.15) is 0 Å². The number of hydrogen-bond donors (Lipinski definition) is 1. The van der Waals surface area contributed by atoms with Crippen LogP contribution < -0.4 is 0 Å². The Labute approximate surface area is 187 Å². The van der Waals surface area contributed by atoms with Crippen molar-refractivity contribution in [3.8, 4) is 11.8 Å². The van der Waals surface area contributed by atoms with E-state index in [-0.39, 0.29) is 0 Å². The summed E-state index contributed by atoms with van der Waals surface area (Å²) in [6.07, 6.45) is -21.5. The smallest absolute Gasteiger partial charge is 0.344 e. The molecule has 0 saturated heterocycles. The van der Waals surface area contributed by atoms with Crippen molar-refractivity contribution in [3.63, 3.8) is 0 Å². The summed E-state index contributed by atoms with van der Waals surface area (Å²) in [5.41, 5.74) is -5.93. The number of carbonyl (C=O) groups excluding carboxylic acids is 1. The van der Waals surface area contributed by atoms with Crippen molar-refractivity contribution >= 4 is 5.97 Å². The fraction of sp³-hybridized carbons (Fsp3) is 0.591. The second kappa shape index (κ2) is 10.4. The first kappa shape index (κ1) is 6.09. The Balaban J connectivity index is 3.02. The molecule has 142 valence electrons. The number of carbonyl (C=O) groups is 1. The van der Waals surface area contributed by atoms with Gasteiger partial charge in [0.1, 0.15) is 0 Å². The van der Waals surface area contributed by atoms with Gasteiger partial charge < -0.3 is 9.85 Å². The van der Waals surface area contributed by atoms with Gasteiger partial charge in [0.2, 0.25) is 1.43 Å². The maximum atomic E-state index is 14.0. The van der Waals surface area contributed by atoms with Crippen molar-refractivity contribution in [1.82, 2.24) is 4.90 Å². The molecule has 1 fully saturated rings. The minimum atomic E-state index is -4.57. The Bertz CT molecular complexity index is 1400. The molecule has 1 unspecified atom stereocenters. The van der Waals surface area contributed by atoms with Crippen LogP contribution in [0.5, 0.6) is 0 Å². The number of benzene rings is 1. The Kier molecular flexibility index (Phi) is 2.42. The van der Waals surface area contributed by atoms with Crippen LogP contribution in [0.4, 0.5) is 0 Å². The molecule has 1 aliphatic carbocycles. The number of esters is 1. The van der Waals surface area contributed by atoms with Gasteiger partial charge in [-0.15, -0.1) is 0 Å². The average molecular weight is 379 g/mol. The molecule has 0 spiro atoms. The zero-order chi connectivity index (χ0) is 37.4. The third-order valence-corrected chi connectivity index (χ3v) is 3.17. The van der Waals surface area contributed by atoms with Crippen LogP contribution in [-0.2, 0) is 15.1 Å². The van der Waals surface area contributed by atoms with Gasteiger partial charge in [-0.1, -0.05) is 75.0 Å². The number of rotatable bonds is 8. The minimum absolute atomic E-state index is 0.628. The summed E-state index contributed by atoms with van der Waals surface area (Å²) in [7, 11) is 0. The predicted octanol–water partition coefficient (Wildman–Crippen LogP) is 3.34. The highest BCUT2D eigenvalue weighted by atomic mass is 16.5. The Morgan fingerprint density at radius 3 is 2.69 bits per heavy atom. The second-order valence-electron chi connectivity index (χ2n) is 4.64. The number of nitrogens with zero attached hydrogens (tertiary/aromatic N) is 1. The molecule has 0 bridgehead atoms. The summed E-state index contributed by atoms with van der Waals surface area (Å²) in [6, 6.07) is -6.64. The highest BCUT2D eigenvalue weighted by molar-refractivity contribution is 5.81. The van der Waals surface area contributed by atoms with Crippen LogP contribution in [0, 0.1) is 17.7 Å². The lowest BCUT2D eigenvalue weighted by molar-refractivity contribution is -0.174.